The number of carbonyl (C=O) groups is 1. The van der Waals surface area contributed by atoms with E-state index in [0.717, 1.165) is 51.4 Å². The van der Waals surface area contributed by atoms with Crippen LogP contribution in [-0.4, -0.2) is 75.6 Å². The first-order chi connectivity index (χ1) is 11.1. The van der Waals surface area contributed by atoms with Gasteiger partial charge in [-0.05, 0) is 57.9 Å². The van der Waals surface area contributed by atoms with Crippen LogP contribution in [0.5, 0.6) is 0 Å². The molecule has 1 aromatic rings. The summed E-state index contributed by atoms with van der Waals surface area (Å²) in [5, 5.41) is 3.21. The number of piperazine rings is 1. The smallest absolute Gasteiger partial charge is 0.236 e. The van der Waals surface area contributed by atoms with Gasteiger partial charge in [-0.25, -0.2) is 4.39 Å². The van der Waals surface area contributed by atoms with Gasteiger partial charge in [0, 0.05) is 31.9 Å². The molecule has 1 aliphatic heterocycles. The molecule has 1 fully saturated rings. The Labute approximate surface area is 138 Å². The molecule has 2 rings (SSSR count). The highest BCUT2D eigenvalue weighted by Crippen LogP contribution is 2.16. The average Bonchev–Trinajstić information content (AvgIpc) is 2.55. The Kier molecular flexibility index (Phi) is 6.80. The molecule has 0 unspecified atom stereocenters. The molecule has 1 saturated heterocycles. The molecule has 0 aromatic heterocycles. The monoisotopic (exact) mass is 322 g/mol. The van der Waals surface area contributed by atoms with Crippen molar-refractivity contribution in [2.24, 2.45) is 0 Å². The first-order valence-corrected chi connectivity index (χ1v) is 8.20. The second kappa shape index (κ2) is 8.84. The molecular formula is C17H27FN4O. The number of nitrogens with one attached hydrogen (secondary N) is 1. The van der Waals surface area contributed by atoms with Gasteiger partial charge in [0.2, 0.25) is 5.91 Å². The molecule has 0 bridgehead atoms. The maximum Gasteiger partial charge on any atom is 0.236 e. The fraction of sp³-hybridized carbons (Fsp3) is 0.588. The van der Waals surface area contributed by atoms with Crippen molar-refractivity contribution in [2.75, 3.05) is 64.8 Å². The predicted molar refractivity (Wildman–Crippen MR) is 91.2 cm³/mol. The molecule has 23 heavy (non-hydrogen) atoms. The Balaban J connectivity index is 1.67. The molecule has 0 saturated carbocycles. The Bertz CT molecular complexity index is 484. The van der Waals surface area contributed by atoms with Crippen LogP contribution in [0.25, 0.3) is 0 Å². The lowest BCUT2D eigenvalue weighted by Gasteiger charge is -2.36. The third-order valence-corrected chi connectivity index (χ3v) is 4.06. The number of amides is 1. The van der Waals surface area contributed by atoms with Crippen molar-refractivity contribution < 1.29 is 9.18 Å². The van der Waals surface area contributed by atoms with Crippen molar-refractivity contribution >= 4 is 11.6 Å². The summed E-state index contributed by atoms with van der Waals surface area (Å²) in [4.78, 5) is 18.4. The van der Waals surface area contributed by atoms with Crippen LogP contribution >= 0.6 is 0 Å². The summed E-state index contributed by atoms with van der Waals surface area (Å²) in [5.74, 6) is -0.0588. The zero-order valence-electron chi connectivity index (χ0n) is 14.1. The SMILES string of the molecule is CN(C)CCCNCC(=O)N1CCN(c2ccc(F)cc2)CC1. The largest absolute Gasteiger partial charge is 0.368 e. The van der Waals surface area contributed by atoms with Crippen molar-refractivity contribution in [2.45, 2.75) is 6.42 Å². The highest BCUT2D eigenvalue weighted by Gasteiger charge is 2.20. The van der Waals surface area contributed by atoms with Gasteiger partial charge < -0.3 is 20.0 Å². The van der Waals surface area contributed by atoms with E-state index < -0.39 is 0 Å². The second-order valence-electron chi connectivity index (χ2n) is 6.18. The molecule has 1 amide bonds. The van der Waals surface area contributed by atoms with Gasteiger partial charge in [-0.2, -0.15) is 0 Å². The van der Waals surface area contributed by atoms with E-state index in [2.05, 4.69) is 15.1 Å². The first kappa shape index (κ1) is 17.7. The van der Waals surface area contributed by atoms with Gasteiger partial charge in [0.05, 0.1) is 6.54 Å². The maximum absolute atomic E-state index is 13.0. The minimum atomic E-state index is -0.220. The van der Waals surface area contributed by atoms with E-state index in [1.807, 2.05) is 19.0 Å². The van der Waals surface area contributed by atoms with Crippen molar-refractivity contribution in [1.82, 2.24) is 15.1 Å². The Morgan fingerprint density at radius 1 is 1.17 bits per heavy atom. The summed E-state index contributed by atoms with van der Waals surface area (Å²) in [7, 11) is 4.09. The maximum atomic E-state index is 13.0. The van der Waals surface area contributed by atoms with E-state index in [-0.39, 0.29) is 11.7 Å². The minimum Gasteiger partial charge on any atom is -0.368 e. The Morgan fingerprint density at radius 3 is 2.43 bits per heavy atom. The lowest BCUT2D eigenvalue weighted by atomic mass is 10.2. The van der Waals surface area contributed by atoms with E-state index in [1.165, 1.54) is 12.1 Å². The molecular weight excluding hydrogens is 295 g/mol. The number of rotatable bonds is 7. The first-order valence-electron chi connectivity index (χ1n) is 8.20. The molecule has 5 nitrogen and oxygen atoms in total. The quantitative estimate of drug-likeness (QED) is 0.761. The lowest BCUT2D eigenvalue weighted by Crippen LogP contribution is -2.51. The Hall–Kier alpha value is -1.66. The molecule has 0 spiro atoms. The molecule has 1 aromatic carbocycles. The molecule has 0 aliphatic carbocycles. The van der Waals surface area contributed by atoms with Crippen LogP contribution in [0.2, 0.25) is 0 Å². The van der Waals surface area contributed by atoms with Crippen LogP contribution in [0.15, 0.2) is 24.3 Å². The van der Waals surface area contributed by atoms with E-state index in [0.29, 0.717) is 6.54 Å². The van der Waals surface area contributed by atoms with Crippen molar-refractivity contribution in [3.63, 3.8) is 0 Å². The standard InChI is InChI=1S/C17H27FN4O/c1-20(2)9-3-8-19-14-17(23)22-12-10-21(11-13-22)16-6-4-15(18)5-7-16/h4-7,19H,3,8-14H2,1-2H3. The molecule has 128 valence electrons. The van der Waals surface area contributed by atoms with Crippen LogP contribution in [0.4, 0.5) is 10.1 Å². The number of hydrogen-bond acceptors (Lipinski definition) is 4. The molecule has 1 aliphatic rings. The Morgan fingerprint density at radius 2 is 1.83 bits per heavy atom. The van der Waals surface area contributed by atoms with E-state index in [9.17, 15) is 9.18 Å². The number of benzene rings is 1. The third kappa shape index (κ3) is 5.80. The van der Waals surface area contributed by atoms with Gasteiger partial charge in [-0.3, -0.25) is 4.79 Å². The average molecular weight is 322 g/mol. The minimum absolute atomic E-state index is 0.161. The van der Waals surface area contributed by atoms with Crippen molar-refractivity contribution in [1.29, 1.82) is 0 Å². The van der Waals surface area contributed by atoms with Crippen molar-refractivity contribution in [3.8, 4) is 0 Å². The summed E-state index contributed by atoms with van der Waals surface area (Å²) in [5.41, 5.74) is 1.01. The lowest BCUT2D eigenvalue weighted by molar-refractivity contribution is -0.130. The van der Waals surface area contributed by atoms with E-state index in [4.69, 9.17) is 0 Å². The van der Waals surface area contributed by atoms with Gasteiger partial charge in [0.25, 0.3) is 0 Å². The van der Waals surface area contributed by atoms with Crippen LogP contribution in [-0.2, 0) is 4.79 Å². The molecule has 0 radical (unpaired) electrons. The van der Waals surface area contributed by atoms with Crippen molar-refractivity contribution in [3.05, 3.63) is 30.1 Å². The van der Waals surface area contributed by atoms with Crippen LogP contribution in [0.3, 0.4) is 0 Å². The van der Waals surface area contributed by atoms with Gasteiger partial charge in [-0.15, -0.1) is 0 Å². The van der Waals surface area contributed by atoms with Crippen LogP contribution in [0, 0.1) is 5.82 Å². The number of hydrogen-bond donors (Lipinski definition) is 1. The number of halogens is 1. The predicted octanol–water partition coefficient (Wildman–Crippen LogP) is 1.02. The third-order valence-electron chi connectivity index (χ3n) is 4.06. The zero-order chi connectivity index (χ0) is 16.7. The molecule has 1 heterocycles. The summed E-state index contributed by atoms with van der Waals surface area (Å²) >= 11 is 0. The summed E-state index contributed by atoms with van der Waals surface area (Å²) in [6.45, 7) is 5.31. The number of nitrogens with zero attached hydrogens (tertiary/aromatic N) is 3. The van der Waals surface area contributed by atoms with Crippen LogP contribution < -0.4 is 10.2 Å². The molecule has 0 atom stereocenters. The second-order valence-corrected chi connectivity index (χ2v) is 6.18. The number of anilines is 1. The van der Waals surface area contributed by atoms with E-state index >= 15 is 0 Å². The zero-order valence-corrected chi connectivity index (χ0v) is 14.1. The highest BCUT2D eigenvalue weighted by molar-refractivity contribution is 5.78. The summed E-state index contributed by atoms with van der Waals surface area (Å²) in [6.07, 6.45) is 1.04. The van der Waals surface area contributed by atoms with Gasteiger partial charge in [-0.1, -0.05) is 0 Å². The fourth-order valence-electron chi connectivity index (χ4n) is 2.69. The van der Waals surface area contributed by atoms with Gasteiger partial charge >= 0.3 is 0 Å². The number of carbonyl (C=O) groups excluding carboxylic acids is 1. The molecule has 1 N–H and O–H groups in total. The normalized spacial score (nSPS) is 15.3. The highest BCUT2D eigenvalue weighted by atomic mass is 19.1. The van der Waals surface area contributed by atoms with E-state index in [1.54, 1.807) is 12.1 Å². The fourth-order valence-corrected chi connectivity index (χ4v) is 2.69. The summed E-state index contributed by atoms with van der Waals surface area (Å²) in [6, 6.07) is 6.53. The van der Waals surface area contributed by atoms with Gasteiger partial charge in [0.1, 0.15) is 5.82 Å². The topological polar surface area (TPSA) is 38.8 Å². The molecule has 6 heteroatoms. The van der Waals surface area contributed by atoms with Gasteiger partial charge in [0.15, 0.2) is 0 Å². The summed E-state index contributed by atoms with van der Waals surface area (Å²) < 4.78 is 13.0. The van der Waals surface area contributed by atoms with Crippen LogP contribution in [0.1, 0.15) is 6.42 Å².